The van der Waals surface area contributed by atoms with Crippen LogP contribution in [0.4, 0.5) is 5.13 Å². The molecule has 0 saturated carbocycles. The molecular weight excluding hydrogens is 250 g/mol. The number of hydrogen-bond donors (Lipinski definition) is 1. The van der Waals surface area contributed by atoms with Gasteiger partial charge in [0.15, 0.2) is 0 Å². The Bertz CT molecular complexity index is 441. The summed E-state index contributed by atoms with van der Waals surface area (Å²) in [6.45, 7) is 0. The van der Waals surface area contributed by atoms with Crippen LogP contribution in [-0.4, -0.2) is 9.36 Å². The third kappa shape index (κ3) is 3.09. The zero-order valence-corrected chi connectivity index (χ0v) is 10.1. The molecule has 0 aliphatic heterocycles. The second-order valence-corrected chi connectivity index (χ2v) is 4.99. The van der Waals surface area contributed by atoms with E-state index >= 15 is 0 Å². The van der Waals surface area contributed by atoms with Crippen LogP contribution in [0.25, 0.3) is 0 Å². The minimum atomic E-state index is 0.508. The van der Waals surface area contributed by atoms with Gasteiger partial charge in [0.05, 0.1) is 0 Å². The quantitative estimate of drug-likeness (QED) is 0.859. The Morgan fingerprint density at radius 3 is 2.67 bits per heavy atom. The largest absolute Gasteiger partial charge is 0.374 e. The van der Waals surface area contributed by atoms with Gasteiger partial charge >= 0.3 is 0 Å². The van der Waals surface area contributed by atoms with Gasteiger partial charge in [-0.25, -0.2) is 0 Å². The van der Waals surface area contributed by atoms with E-state index in [0.717, 1.165) is 15.9 Å². The van der Waals surface area contributed by atoms with Crippen molar-refractivity contribution in [1.29, 1.82) is 0 Å². The molecular formula is C9H8ClN3S2. The third-order valence-corrected chi connectivity index (χ3v) is 3.53. The monoisotopic (exact) mass is 257 g/mol. The maximum atomic E-state index is 5.79. The predicted molar refractivity (Wildman–Crippen MR) is 65.3 cm³/mol. The van der Waals surface area contributed by atoms with Crippen LogP contribution in [0.1, 0.15) is 5.56 Å². The fraction of sp³-hybridized carbons (Fsp3) is 0.111. The molecule has 0 amide bonds. The van der Waals surface area contributed by atoms with E-state index in [9.17, 15) is 0 Å². The van der Waals surface area contributed by atoms with Crippen molar-refractivity contribution >= 4 is 40.0 Å². The number of hydrogen-bond acceptors (Lipinski definition) is 5. The lowest BCUT2D eigenvalue weighted by Gasteiger charge is -1.98. The minimum absolute atomic E-state index is 0.508. The molecule has 0 radical (unpaired) electrons. The van der Waals surface area contributed by atoms with Gasteiger partial charge in [-0.2, -0.15) is 9.36 Å². The highest BCUT2D eigenvalue weighted by atomic mass is 35.5. The number of halogens is 1. The smallest absolute Gasteiger partial charge is 0.202 e. The molecule has 2 N–H and O–H groups in total. The van der Waals surface area contributed by atoms with Gasteiger partial charge < -0.3 is 5.73 Å². The predicted octanol–water partition coefficient (Wildman–Crippen LogP) is 3.07. The summed E-state index contributed by atoms with van der Waals surface area (Å²) in [6.07, 6.45) is 0. The van der Waals surface area contributed by atoms with Crippen LogP contribution in [0, 0.1) is 0 Å². The topological polar surface area (TPSA) is 51.8 Å². The first-order chi connectivity index (χ1) is 7.24. The number of aromatic nitrogens is 2. The molecule has 15 heavy (non-hydrogen) atoms. The van der Waals surface area contributed by atoms with E-state index in [1.807, 2.05) is 24.3 Å². The highest BCUT2D eigenvalue weighted by molar-refractivity contribution is 7.98. The molecule has 0 bridgehead atoms. The highest BCUT2D eigenvalue weighted by Crippen LogP contribution is 2.22. The lowest BCUT2D eigenvalue weighted by Crippen LogP contribution is -1.83. The van der Waals surface area contributed by atoms with Crippen LogP contribution in [-0.2, 0) is 5.75 Å². The van der Waals surface area contributed by atoms with E-state index in [1.165, 1.54) is 17.1 Å². The molecule has 0 atom stereocenters. The number of rotatable bonds is 3. The summed E-state index contributed by atoms with van der Waals surface area (Å²) in [5, 5.41) is 1.99. The summed E-state index contributed by atoms with van der Waals surface area (Å²) in [7, 11) is 0. The molecule has 0 aliphatic rings. The molecule has 6 heteroatoms. The number of nitrogens with zero attached hydrogens (tertiary/aromatic N) is 2. The lowest BCUT2D eigenvalue weighted by atomic mass is 10.2. The SMILES string of the molecule is Nc1nc(SCc2ccc(Cl)cc2)ns1. The van der Waals surface area contributed by atoms with Gasteiger partial charge in [-0.1, -0.05) is 35.5 Å². The van der Waals surface area contributed by atoms with Crippen molar-refractivity contribution in [2.24, 2.45) is 0 Å². The normalized spacial score (nSPS) is 10.5. The van der Waals surface area contributed by atoms with Crippen molar-refractivity contribution in [2.75, 3.05) is 5.73 Å². The zero-order chi connectivity index (χ0) is 10.7. The summed E-state index contributed by atoms with van der Waals surface area (Å²) in [5.41, 5.74) is 6.67. The number of nitrogens with two attached hydrogens (primary N) is 1. The Hall–Kier alpha value is -0.780. The van der Waals surface area contributed by atoms with Crippen LogP contribution in [0.2, 0.25) is 5.02 Å². The molecule has 0 spiro atoms. The lowest BCUT2D eigenvalue weighted by molar-refractivity contribution is 1.08. The molecule has 2 rings (SSSR count). The molecule has 1 aromatic carbocycles. The summed E-state index contributed by atoms with van der Waals surface area (Å²) < 4.78 is 4.09. The van der Waals surface area contributed by atoms with Gasteiger partial charge in [0.25, 0.3) is 0 Å². The van der Waals surface area contributed by atoms with Gasteiger partial charge in [0.1, 0.15) is 0 Å². The molecule has 1 aromatic heterocycles. The van der Waals surface area contributed by atoms with Gasteiger partial charge in [-0.15, -0.1) is 0 Å². The second kappa shape index (κ2) is 4.83. The van der Waals surface area contributed by atoms with E-state index in [4.69, 9.17) is 17.3 Å². The van der Waals surface area contributed by atoms with Crippen molar-refractivity contribution in [3.63, 3.8) is 0 Å². The summed E-state index contributed by atoms with van der Waals surface area (Å²) >= 11 is 8.57. The molecule has 78 valence electrons. The van der Waals surface area contributed by atoms with Crippen molar-refractivity contribution in [2.45, 2.75) is 10.9 Å². The average Bonchev–Trinajstić information content (AvgIpc) is 2.64. The van der Waals surface area contributed by atoms with Crippen molar-refractivity contribution in [1.82, 2.24) is 9.36 Å². The van der Waals surface area contributed by atoms with E-state index in [2.05, 4.69) is 9.36 Å². The Labute approximate surface area is 101 Å². The van der Waals surface area contributed by atoms with Crippen molar-refractivity contribution in [3.05, 3.63) is 34.9 Å². The van der Waals surface area contributed by atoms with Gasteiger partial charge in [-0.05, 0) is 17.7 Å². The maximum Gasteiger partial charge on any atom is 0.202 e. The van der Waals surface area contributed by atoms with Crippen LogP contribution in [0.3, 0.4) is 0 Å². The first-order valence-corrected chi connectivity index (χ1v) is 6.34. The molecule has 3 nitrogen and oxygen atoms in total. The Balaban J connectivity index is 1.96. The highest BCUT2D eigenvalue weighted by Gasteiger charge is 2.02. The van der Waals surface area contributed by atoms with Crippen LogP contribution >= 0.6 is 34.9 Å². The van der Waals surface area contributed by atoms with Crippen molar-refractivity contribution in [3.8, 4) is 0 Å². The Morgan fingerprint density at radius 2 is 2.07 bits per heavy atom. The molecule has 1 heterocycles. The zero-order valence-electron chi connectivity index (χ0n) is 7.68. The second-order valence-electron chi connectivity index (χ2n) is 2.83. The van der Waals surface area contributed by atoms with Gasteiger partial charge in [0.2, 0.25) is 10.3 Å². The van der Waals surface area contributed by atoms with Crippen LogP contribution in [0.5, 0.6) is 0 Å². The van der Waals surface area contributed by atoms with Crippen LogP contribution < -0.4 is 5.73 Å². The summed E-state index contributed by atoms with van der Waals surface area (Å²) in [6, 6.07) is 7.73. The van der Waals surface area contributed by atoms with E-state index in [-0.39, 0.29) is 0 Å². The maximum absolute atomic E-state index is 5.79. The number of benzene rings is 1. The first-order valence-electron chi connectivity index (χ1n) is 4.20. The van der Waals surface area contributed by atoms with Gasteiger partial charge in [0, 0.05) is 22.3 Å². The number of nitrogen functional groups attached to an aromatic ring is 1. The average molecular weight is 258 g/mol. The Morgan fingerprint density at radius 1 is 1.33 bits per heavy atom. The molecule has 0 unspecified atom stereocenters. The fourth-order valence-corrected chi connectivity index (χ4v) is 2.51. The van der Waals surface area contributed by atoms with E-state index in [0.29, 0.717) is 5.13 Å². The van der Waals surface area contributed by atoms with Crippen LogP contribution in [0.15, 0.2) is 29.4 Å². The van der Waals surface area contributed by atoms with Gasteiger partial charge in [-0.3, -0.25) is 0 Å². The summed E-state index contributed by atoms with van der Waals surface area (Å²) in [4.78, 5) is 4.07. The number of thioether (sulfide) groups is 1. The summed E-state index contributed by atoms with van der Waals surface area (Å²) in [5.74, 6) is 0.827. The first kappa shape index (κ1) is 10.7. The van der Waals surface area contributed by atoms with E-state index in [1.54, 1.807) is 11.8 Å². The minimum Gasteiger partial charge on any atom is -0.374 e. The van der Waals surface area contributed by atoms with E-state index < -0.39 is 0 Å². The standard InChI is InChI=1S/C9H8ClN3S2/c10-7-3-1-6(2-4-7)5-14-9-12-8(11)15-13-9/h1-4H,5H2,(H2,11,12,13). The van der Waals surface area contributed by atoms with Crippen molar-refractivity contribution < 1.29 is 0 Å². The Kier molecular flexibility index (Phi) is 3.45. The molecule has 2 aromatic rings. The fourth-order valence-electron chi connectivity index (χ4n) is 1.01. The molecule has 0 saturated heterocycles. The third-order valence-electron chi connectivity index (χ3n) is 1.70. The molecule has 0 aliphatic carbocycles. The molecule has 0 fully saturated rings. The number of anilines is 1.